The summed E-state index contributed by atoms with van der Waals surface area (Å²) in [5.41, 5.74) is 0.979. The molecule has 0 radical (unpaired) electrons. The predicted molar refractivity (Wildman–Crippen MR) is 45.3 cm³/mol. The minimum Gasteiger partial charge on any atom is -0.348 e. The molecular weight excluding hydrogens is 154 g/mol. The Bertz CT molecular complexity index is 290. The van der Waals surface area contributed by atoms with E-state index < -0.39 is 0 Å². The van der Waals surface area contributed by atoms with Crippen LogP contribution in [0.1, 0.15) is 5.56 Å². The minimum atomic E-state index is -0.168. The third-order valence-corrected chi connectivity index (χ3v) is 1.41. The van der Waals surface area contributed by atoms with E-state index in [9.17, 15) is 4.79 Å². The third-order valence-electron chi connectivity index (χ3n) is 1.41. The van der Waals surface area contributed by atoms with Crippen molar-refractivity contribution in [2.24, 2.45) is 7.05 Å². The van der Waals surface area contributed by atoms with Crippen LogP contribution in [0.2, 0.25) is 0 Å². The lowest BCUT2D eigenvalue weighted by molar-refractivity contribution is -0.116. The smallest absolute Gasteiger partial charge is 0.243 e. The Morgan fingerprint density at radius 2 is 2.67 bits per heavy atom. The van der Waals surface area contributed by atoms with Crippen LogP contribution in [0.3, 0.4) is 0 Å². The van der Waals surface area contributed by atoms with Crippen molar-refractivity contribution in [1.29, 1.82) is 0 Å². The van der Waals surface area contributed by atoms with Crippen LogP contribution in [0.15, 0.2) is 25.0 Å². The molecule has 1 aromatic heterocycles. The van der Waals surface area contributed by atoms with E-state index in [2.05, 4.69) is 17.0 Å². The largest absolute Gasteiger partial charge is 0.348 e. The van der Waals surface area contributed by atoms with Gasteiger partial charge in [-0.1, -0.05) is 6.58 Å². The van der Waals surface area contributed by atoms with Gasteiger partial charge >= 0.3 is 0 Å². The number of hydrogen-bond acceptors (Lipinski definition) is 2. The first kappa shape index (κ1) is 8.52. The minimum absolute atomic E-state index is 0.168. The van der Waals surface area contributed by atoms with Crippen LogP contribution in [0.5, 0.6) is 0 Å². The lowest BCUT2D eigenvalue weighted by Crippen LogP contribution is -2.19. The summed E-state index contributed by atoms with van der Waals surface area (Å²) in [4.78, 5) is 10.7. The second-order valence-corrected chi connectivity index (χ2v) is 2.44. The molecule has 0 spiro atoms. The molecule has 0 saturated carbocycles. The molecular formula is C8H11N3O. The topological polar surface area (TPSA) is 46.9 Å². The van der Waals surface area contributed by atoms with Gasteiger partial charge in [-0.05, 0) is 6.08 Å². The summed E-state index contributed by atoms with van der Waals surface area (Å²) in [7, 11) is 1.83. The molecule has 64 valence electrons. The molecule has 4 heteroatoms. The van der Waals surface area contributed by atoms with Gasteiger partial charge in [-0.15, -0.1) is 0 Å². The van der Waals surface area contributed by atoms with Crippen LogP contribution in [0.4, 0.5) is 0 Å². The maximum Gasteiger partial charge on any atom is 0.243 e. The fourth-order valence-corrected chi connectivity index (χ4v) is 0.825. The van der Waals surface area contributed by atoms with Gasteiger partial charge in [0.2, 0.25) is 5.91 Å². The molecule has 4 nitrogen and oxygen atoms in total. The lowest BCUT2D eigenvalue weighted by atomic mass is 10.3. The van der Waals surface area contributed by atoms with Gasteiger partial charge in [-0.25, -0.2) is 0 Å². The van der Waals surface area contributed by atoms with Crippen molar-refractivity contribution in [3.8, 4) is 0 Å². The van der Waals surface area contributed by atoms with Gasteiger partial charge in [-0.2, -0.15) is 5.10 Å². The van der Waals surface area contributed by atoms with Crippen LogP contribution in [0.25, 0.3) is 0 Å². The third kappa shape index (κ3) is 2.23. The molecule has 0 aliphatic heterocycles. The molecule has 12 heavy (non-hydrogen) atoms. The number of nitrogens with zero attached hydrogens (tertiary/aromatic N) is 2. The van der Waals surface area contributed by atoms with E-state index in [-0.39, 0.29) is 5.91 Å². The fourth-order valence-electron chi connectivity index (χ4n) is 0.825. The van der Waals surface area contributed by atoms with Crippen molar-refractivity contribution in [2.45, 2.75) is 6.54 Å². The Labute approximate surface area is 70.9 Å². The number of aryl methyl sites for hydroxylation is 1. The van der Waals surface area contributed by atoms with Crippen molar-refractivity contribution in [1.82, 2.24) is 15.1 Å². The zero-order valence-corrected chi connectivity index (χ0v) is 6.95. The summed E-state index contributed by atoms with van der Waals surface area (Å²) in [6, 6.07) is 0. The zero-order valence-electron chi connectivity index (χ0n) is 6.95. The SMILES string of the molecule is C=CC(=O)NCc1cnn(C)c1. The fraction of sp³-hybridized carbons (Fsp3) is 0.250. The molecule has 1 N–H and O–H groups in total. The maximum absolute atomic E-state index is 10.7. The Hall–Kier alpha value is -1.58. The zero-order chi connectivity index (χ0) is 8.97. The molecule has 0 aliphatic rings. The van der Waals surface area contributed by atoms with Gasteiger partial charge in [0, 0.05) is 25.4 Å². The van der Waals surface area contributed by atoms with Gasteiger partial charge in [-0.3, -0.25) is 9.48 Å². The quantitative estimate of drug-likeness (QED) is 0.651. The lowest BCUT2D eigenvalue weighted by Gasteiger charge is -1.96. The number of carbonyl (C=O) groups is 1. The van der Waals surface area contributed by atoms with E-state index in [1.54, 1.807) is 10.9 Å². The first-order chi connectivity index (χ1) is 5.72. The average molecular weight is 165 g/mol. The van der Waals surface area contributed by atoms with Gasteiger partial charge in [0.15, 0.2) is 0 Å². The number of nitrogens with one attached hydrogen (secondary N) is 1. The molecule has 1 rings (SSSR count). The molecule has 0 fully saturated rings. The molecule has 1 amide bonds. The number of carbonyl (C=O) groups excluding carboxylic acids is 1. The highest BCUT2D eigenvalue weighted by Gasteiger charge is 1.96. The van der Waals surface area contributed by atoms with Crippen molar-refractivity contribution in [2.75, 3.05) is 0 Å². The van der Waals surface area contributed by atoms with Crippen LogP contribution < -0.4 is 5.32 Å². The molecule has 0 atom stereocenters. The van der Waals surface area contributed by atoms with E-state index in [4.69, 9.17) is 0 Å². The van der Waals surface area contributed by atoms with Crippen molar-refractivity contribution in [3.63, 3.8) is 0 Å². The summed E-state index contributed by atoms with van der Waals surface area (Å²) >= 11 is 0. The second-order valence-electron chi connectivity index (χ2n) is 2.44. The predicted octanol–water partition coefficient (Wildman–Crippen LogP) is 0.222. The Kier molecular flexibility index (Phi) is 2.63. The van der Waals surface area contributed by atoms with E-state index in [1.807, 2.05) is 13.2 Å². The molecule has 1 aromatic rings. The molecule has 0 aliphatic carbocycles. The molecule has 0 unspecified atom stereocenters. The summed E-state index contributed by atoms with van der Waals surface area (Å²) in [6.07, 6.45) is 4.81. The molecule has 0 saturated heterocycles. The van der Waals surface area contributed by atoms with Crippen LogP contribution in [-0.4, -0.2) is 15.7 Å². The molecule has 1 heterocycles. The summed E-state index contributed by atoms with van der Waals surface area (Å²) < 4.78 is 1.69. The summed E-state index contributed by atoms with van der Waals surface area (Å²) in [5.74, 6) is -0.168. The molecule has 0 bridgehead atoms. The van der Waals surface area contributed by atoms with Gasteiger partial charge < -0.3 is 5.32 Å². The monoisotopic (exact) mass is 165 g/mol. The van der Waals surface area contributed by atoms with Crippen LogP contribution in [0, 0.1) is 0 Å². The van der Waals surface area contributed by atoms with E-state index >= 15 is 0 Å². The van der Waals surface area contributed by atoms with Gasteiger partial charge in [0.1, 0.15) is 0 Å². The van der Waals surface area contributed by atoms with E-state index in [0.717, 1.165) is 5.56 Å². The highest BCUT2D eigenvalue weighted by molar-refractivity contribution is 5.86. The first-order valence-corrected chi connectivity index (χ1v) is 3.60. The number of hydrogen-bond donors (Lipinski definition) is 1. The van der Waals surface area contributed by atoms with E-state index in [0.29, 0.717) is 6.54 Å². The Morgan fingerprint density at radius 1 is 1.92 bits per heavy atom. The standard InChI is InChI=1S/C8H11N3O/c1-3-8(12)9-4-7-5-10-11(2)6-7/h3,5-6H,1,4H2,2H3,(H,9,12). The summed E-state index contributed by atoms with van der Waals surface area (Å²) in [5, 5.41) is 6.61. The normalized spacial score (nSPS) is 9.42. The summed E-state index contributed by atoms with van der Waals surface area (Å²) in [6.45, 7) is 3.84. The Morgan fingerprint density at radius 3 is 3.17 bits per heavy atom. The van der Waals surface area contributed by atoms with Gasteiger partial charge in [0.05, 0.1) is 6.20 Å². The van der Waals surface area contributed by atoms with Crippen molar-refractivity contribution < 1.29 is 4.79 Å². The van der Waals surface area contributed by atoms with Crippen molar-refractivity contribution >= 4 is 5.91 Å². The van der Waals surface area contributed by atoms with Crippen LogP contribution in [-0.2, 0) is 18.4 Å². The Balaban J connectivity index is 2.43. The highest BCUT2D eigenvalue weighted by atomic mass is 16.1. The average Bonchev–Trinajstić information content (AvgIpc) is 2.47. The number of rotatable bonds is 3. The maximum atomic E-state index is 10.7. The molecule has 0 aromatic carbocycles. The van der Waals surface area contributed by atoms with E-state index in [1.165, 1.54) is 6.08 Å². The van der Waals surface area contributed by atoms with Gasteiger partial charge in [0.25, 0.3) is 0 Å². The second kappa shape index (κ2) is 3.71. The first-order valence-electron chi connectivity index (χ1n) is 3.60. The number of aromatic nitrogens is 2. The van der Waals surface area contributed by atoms with Crippen LogP contribution >= 0.6 is 0 Å². The number of amides is 1. The highest BCUT2D eigenvalue weighted by Crippen LogP contribution is 1.94. The van der Waals surface area contributed by atoms with Crippen molar-refractivity contribution in [3.05, 3.63) is 30.6 Å².